The molecule has 0 N–H and O–H groups in total. The zero-order valence-corrected chi connectivity index (χ0v) is 42.3. The third-order valence-corrected chi connectivity index (χ3v) is 11.7. The van der Waals surface area contributed by atoms with Gasteiger partial charge in [-0.3, -0.25) is 14.4 Å². The maximum Gasteiger partial charge on any atom is 0.306 e. The molecule has 0 aliphatic carbocycles. The van der Waals surface area contributed by atoms with Crippen LogP contribution in [0.3, 0.4) is 0 Å². The molecule has 0 aromatic heterocycles. The molecule has 0 saturated heterocycles. The molecular weight excluding hydrogens is 793 g/mol. The van der Waals surface area contributed by atoms with Crippen molar-refractivity contribution < 1.29 is 28.6 Å². The lowest BCUT2D eigenvalue weighted by molar-refractivity contribution is -0.166. The average molecular weight is 895 g/mol. The van der Waals surface area contributed by atoms with Gasteiger partial charge in [-0.15, -0.1) is 0 Å². The molecule has 6 nitrogen and oxygen atoms in total. The Kier molecular flexibility index (Phi) is 50.4. The SMILES string of the molecule is CC/C=C/C/C=C/CCCCCCCCCC(=O)OC(COC(=O)CC/C=C/C/C=C/CCCCCCCC)COC(=O)CCCCCCCCC/C=C/CCCCCCCCCC. The lowest BCUT2D eigenvalue weighted by Crippen LogP contribution is -2.30. The summed E-state index contributed by atoms with van der Waals surface area (Å²) in [6, 6.07) is 0. The van der Waals surface area contributed by atoms with Crippen LogP contribution < -0.4 is 0 Å². The molecule has 0 radical (unpaired) electrons. The molecule has 0 fully saturated rings. The molecule has 0 saturated carbocycles. The summed E-state index contributed by atoms with van der Waals surface area (Å²) in [5.74, 6) is -0.973. The summed E-state index contributed by atoms with van der Waals surface area (Å²) in [4.78, 5) is 38.0. The number of esters is 3. The molecule has 0 rings (SSSR count). The van der Waals surface area contributed by atoms with Crippen LogP contribution in [0.2, 0.25) is 0 Å². The fourth-order valence-electron chi connectivity index (χ4n) is 7.65. The number of carbonyl (C=O) groups excluding carboxylic acids is 3. The van der Waals surface area contributed by atoms with Crippen molar-refractivity contribution in [3.63, 3.8) is 0 Å². The van der Waals surface area contributed by atoms with E-state index in [-0.39, 0.29) is 37.5 Å². The lowest BCUT2D eigenvalue weighted by atomic mass is 10.1. The van der Waals surface area contributed by atoms with Crippen LogP contribution in [0.4, 0.5) is 0 Å². The van der Waals surface area contributed by atoms with Crippen molar-refractivity contribution in [2.75, 3.05) is 13.2 Å². The summed E-state index contributed by atoms with van der Waals surface area (Å²) < 4.78 is 16.8. The van der Waals surface area contributed by atoms with Crippen LogP contribution >= 0.6 is 0 Å². The van der Waals surface area contributed by atoms with Gasteiger partial charge in [-0.05, 0) is 89.9 Å². The maximum absolute atomic E-state index is 12.8. The van der Waals surface area contributed by atoms with E-state index >= 15 is 0 Å². The van der Waals surface area contributed by atoms with Gasteiger partial charge in [-0.25, -0.2) is 0 Å². The van der Waals surface area contributed by atoms with Crippen molar-refractivity contribution in [3.8, 4) is 0 Å². The van der Waals surface area contributed by atoms with Crippen LogP contribution in [0.5, 0.6) is 0 Å². The first-order chi connectivity index (χ1) is 31.5. The first-order valence-electron chi connectivity index (χ1n) is 27.3. The molecule has 0 aromatic carbocycles. The second-order valence-corrected chi connectivity index (χ2v) is 18.1. The van der Waals surface area contributed by atoms with Crippen molar-refractivity contribution in [3.05, 3.63) is 60.8 Å². The highest BCUT2D eigenvalue weighted by Gasteiger charge is 2.19. The van der Waals surface area contributed by atoms with Gasteiger partial charge in [0.1, 0.15) is 13.2 Å². The number of carbonyl (C=O) groups is 3. The van der Waals surface area contributed by atoms with E-state index in [2.05, 4.69) is 75.5 Å². The van der Waals surface area contributed by atoms with Crippen molar-refractivity contribution in [2.45, 2.75) is 277 Å². The standard InChI is InChI=1S/C58H102O6/c1-4-7-10-13-16-19-22-25-27-28-29-30-31-34-36-39-42-45-48-51-57(60)63-54-55(53-62-56(59)50-47-44-41-38-35-32-24-21-18-15-12-9-6-3)64-58(61)52-49-46-43-40-37-33-26-23-20-17-14-11-8-5-2/h8,11,17,20,28-29,32,35,41,44,55H,4-7,9-10,12-16,18-19,21-27,30-31,33-34,36-40,42-43,45-54H2,1-3H3/b11-8+,20-17+,29-28+,35-32+,44-41+. The van der Waals surface area contributed by atoms with Gasteiger partial charge in [0.2, 0.25) is 0 Å². The largest absolute Gasteiger partial charge is 0.462 e. The monoisotopic (exact) mass is 895 g/mol. The number of rotatable bonds is 49. The van der Waals surface area contributed by atoms with E-state index in [4.69, 9.17) is 14.2 Å². The van der Waals surface area contributed by atoms with E-state index in [0.717, 1.165) is 70.6 Å². The van der Waals surface area contributed by atoms with E-state index in [1.54, 1.807) is 0 Å². The molecule has 6 heteroatoms. The Morgan fingerprint density at radius 3 is 1.05 bits per heavy atom. The zero-order valence-electron chi connectivity index (χ0n) is 42.3. The average Bonchev–Trinajstić information content (AvgIpc) is 3.29. The Morgan fingerprint density at radius 1 is 0.328 bits per heavy atom. The third kappa shape index (κ3) is 50.1. The topological polar surface area (TPSA) is 78.9 Å². The Morgan fingerprint density at radius 2 is 0.641 bits per heavy atom. The summed E-state index contributed by atoms with van der Waals surface area (Å²) in [5, 5.41) is 0. The fraction of sp³-hybridized carbons (Fsp3) is 0.776. The summed E-state index contributed by atoms with van der Waals surface area (Å²) in [5.41, 5.74) is 0. The van der Waals surface area contributed by atoms with Crippen molar-refractivity contribution in [1.29, 1.82) is 0 Å². The summed E-state index contributed by atoms with van der Waals surface area (Å²) in [7, 11) is 0. The lowest BCUT2D eigenvalue weighted by Gasteiger charge is -2.18. The second-order valence-electron chi connectivity index (χ2n) is 18.1. The maximum atomic E-state index is 12.8. The molecule has 0 spiro atoms. The minimum absolute atomic E-state index is 0.0962. The molecular formula is C58H102O6. The van der Waals surface area contributed by atoms with Gasteiger partial charge in [0, 0.05) is 19.3 Å². The minimum Gasteiger partial charge on any atom is -0.462 e. The van der Waals surface area contributed by atoms with E-state index in [0.29, 0.717) is 19.3 Å². The van der Waals surface area contributed by atoms with Crippen LogP contribution in [0.15, 0.2) is 60.8 Å². The van der Waals surface area contributed by atoms with Crippen molar-refractivity contribution in [2.24, 2.45) is 0 Å². The number of ether oxygens (including phenoxy) is 3. The van der Waals surface area contributed by atoms with Gasteiger partial charge in [-0.1, -0.05) is 223 Å². The smallest absolute Gasteiger partial charge is 0.306 e. The zero-order chi connectivity index (χ0) is 46.5. The molecule has 0 amide bonds. The number of hydrogen-bond acceptors (Lipinski definition) is 6. The minimum atomic E-state index is -0.801. The number of allylic oxidation sites excluding steroid dienone is 10. The predicted molar refractivity (Wildman–Crippen MR) is 275 cm³/mol. The Hall–Kier alpha value is -2.89. The summed E-state index contributed by atoms with van der Waals surface area (Å²) in [6.45, 7) is 6.48. The molecule has 0 aliphatic heterocycles. The summed E-state index contributed by atoms with van der Waals surface area (Å²) in [6.07, 6.45) is 65.1. The molecule has 0 bridgehead atoms. The summed E-state index contributed by atoms with van der Waals surface area (Å²) >= 11 is 0. The van der Waals surface area contributed by atoms with Crippen LogP contribution in [-0.4, -0.2) is 37.2 Å². The first kappa shape index (κ1) is 61.1. The van der Waals surface area contributed by atoms with Crippen molar-refractivity contribution in [1.82, 2.24) is 0 Å². The van der Waals surface area contributed by atoms with Gasteiger partial charge >= 0.3 is 17.9 Å². The Labute approximate surface area is 396 Å². The van der Waals surface area contributed by atoms with Gasteiger partial charge in [0.25, 0.3) is 0 Å². The molecule has 64 heavy (non-hydrogen) atoms. The normalized spacial score (nSPS) is 12.5. The van der Waals surface area contributed by atoms with Crippen LogP contribution in [0.1, 0.15) is 271 Å². The second kappa shape index (κ2) is 52.7. The number of hydrogen-bond donors (Lipinski definition) is 0. The van der Waals surface area contributed by atoms with Crippen molar-refractivity contribution >= 4 is 17.9 Å². The molecule has 1 atom stereocenters. The third-order valence-electron chi connectivity index (χ3n) is 11.7. The van der Waals surface area contributed by atoms with E-state index < -0.39 is 6.10 Å². The molecule has 1 unspecified atom stereocenters. The van der Waals surface area contributed by atoms with Crippen LogP contribution in [0, 0.1) is 0 Å². The molecule has 370 valence electrons. The Balaban J connectivity index is 4.40. The van der Waals surface area contributed by atoms with Gasteiger partial charge in [0.15, 0.2) is 6.10 Å². The van der Waals surface area contributed by atoms with Gasteiger partial charge in [0.05, 0.1) is 0 Å². The van der Waals surface area contributed by atoms with E-state index in [1.165, 1.54) is 154 Å². The molecule has 0 aliphatic rings. The molecule has 0 heterocycles. The van der Waals surface area contributed by atoms with Gasteiger partial charge < -0.3 is 14.2 Å². The number of unbranched alkanes of at least 4 members (excludes halogenated alkanes) is 28. The quantitative estimate of drug-likeness (QED) is 0.0262. The fourth-order valence-corrected chi connectivity index (χ4v) is 7.65. The highest BCUT2D eigenvalue weighted by molar-refractivity contribution is 5.71. The van der Waals surface area contributed by atoms with Crippen LogP contribution in [0.25, 0.3) is 0 Å². The Bertz CT molecular complexity index is 1170. The molecule has 0 aromatic rings. The van der Waals surface area contributed by atoms with Crippen LogP contribution in [-0.2, 0) is 28.6 Å². The van der Waals surface area contributed by atoms with Gasteiger partial charge in [-0.2, -0.15) is 0 Å². The first-order valence-corrected chi connectivity index (χ1v) is 27.3. The highest BCUT2D eigenvalue weighted by Crippen LogP contribution is 2.15. The highest BCUT2D eigenvalue weighted by atomic mass is 16.6. The van der Waals surface area contributed by atoms with E-state index in [1.807, 2.05) is 6.08 Å². The predicted octanol–water partition coefficient (Wildman–Crippen LogP) is 18.0. The van der Waals surface area contributed by atoms with E-state index in [9.17, 15) is 14.4 Å².